The van der Waals surface area contributed by atoms with E-state index in [2.05, 4.69) is 20.9 Å². The zero-order chi connectivity index (χ0) is 18.5. The molecule has 1 aromatic heterocycles. The van der Waals surface area contributed by atoms with Crippen LogP contribution < -0.4 is 0 Å². The van der Waals surface area contributed by atoms with Crippen molar-refractivity contribution in [2.24, 2.45) is 11.8 Å². The van der Waals surface area contributed by atoms with Crippen LogP contribution in [0.15, 0.2) is 24.5 Å². The number of ether oxygens (including phenoxy) is 1. The van der Waals surface area contributed by atoms with Crippen molar-refractivity contribution in [1.82, 2.24) is 14.8 Å². The van der Waals surface area contributed by atoms with Gasteiger partial charge in [-0.3, -0.25) is 9.78 Å². The van der Waals surface area contributed by atoms with Crippen LogP contribution in [0.2, 0.25) is 0 Å². The maximum Gasteiger partial charge on any atom is 0.228 e. The van der Waals surface area contributed by atoms with Gasteiger partial charge < -0.3 is 14.5 Å². The quantitative estimate of drug-likeness (QED) is 0.771. The van der Waals surface area contributed by atoms with E-state index in [0.717, 1.165) is 31.2 Å². The average molecular weight is 372 g/mol. The molecule has 148 valence electrons. The van der Waals surface area contributed by atoms with Crippen molar-refractivity contribution in [2.45, 2.75) is 57.5 Å². The third-order valence-corrected chi connectivity index (χ3v) is 6.66. The Bertz CT molecular complexity index is 589. The van der Waals surface area contributed by atoms with Crippen LogP contribution >= 0.6 is 0 Å². The fourth-order valence-electron chi connectivity index (χ4n) is 5.01. The maximum absolute atomic E-state index is 13.1. The van der Waals surface area contributed by atoms with E-state index in [1.165, 1.54) is 51.6 Å². The van der Waals surface area contributed by atoms with E-state index in [-0.39, 0.29) is 11.8 Å². The van der Waals surface area contributed by atoms with Gasteiger partial charge in [0.1, 0.15) is 0 Å². The number of nitrogens with zero attached hydrogens (tertiary/aromatic N) is 3. The number of likely N-dealkylation sites (tertiary alicyclic amines) is 1. The Morgan fingerprint density at radius 1 is 1.19 bits per heavy atom. The summed E-state index contributed by atoms with van der Waals surface area (Å²) in [6.45, 7) is 5.27. The van der Waals surface area contributed by atoms with Crippen LogP contribution in [-0.4, -0.2) is 59.6 Å². The Balaban J connectivity index is 1.36. The highest BCUT2D eigenvalue weighted by molar-refractivity contribution is 5.79. The van der Waals surface area contributed by atoms with Gasteiger partial charge in [-0.05, 0) is 62.7 Å². The molecule has 3 heterocycles. The van der Waals surface area contributed by atoms with E-state index < -0.39 is 0 Å². The van der Waals surface area contributed by atoms with E-state index in [1.807, 2.05) is 12.3 Å². The first kappa shape index (κ1) is 18.9. The first-order valence-electron chi connectivity index (χ1n) is 10.8. The van der Waals surface area contributed by atoms with E-state index >= 15 is 0 Å². The van der Waals surface area contributed by atoms with Gasteiger partial charge in [-0.1, -0.05) is 18.9 Å². The van der Waals surface area contributed by atoms with Gasteiger partial charge in [0.05, 0.1) is 12.5 Å². The summed E-state index contributed by atoms with van der Waals surface area (Å²) >= 11 is 0. The summed E-state index contributed by atoms with van der Waals surface area (Å²) in [7, 11) is 0. The first-order chi connectivity index (χ1) is 13.3. The molecular formula is C22H33N3O2. The molecule has 1 aromatic rings. The molecule has 1 atom stereocenters. The number of rotatable bonds is 6. The van der Waals surface area contributed by atoms with Gasteiger partial charge in [-0.15, -0.1) is 0 Å². The van der Waals surface area contributed by atoms with E-state index in [9.17, 15) is 4.79 Å². The molecule has 5 nitrogen and oxygen atoms in total. The fraction of sp³-hybridized carbons (Fsp3) is 0.727. The fourth-order valence-corrected chi connectivity index (χ4v) is 5.01. The maximum atomic E-state index is 13.1. The van der Waals surface area contributed by atoms with E-state index in [0.29, 0.717) is 19.1 Å². The zero-order valence-corrected chi connectivity index (χ0v) is 16.4. The molecule has 0 N–H and O–H groups in total. The SMILES string of the molecule is O=C([C@H]1CCOC1)N(Cc1cccnc1)CC1CCN(C2CCCC2)CC1. The zero-order valence-electron chi connectivity index (χ0n) is 16.4. The number of aromatic nitrogens is 1. The average Bonchev–Trinajstić information content (AvgIpc) is 3.42. The lowest BCUT2D eigenvalue weighted by molar-refractivity contribution is -0.137. The van der Waals surface area contributed by atoms with Crippen molar-refractivity contribution < 1.29 is 9.53 Å². The summed E-state index contributed by atoms with van der Waals surface area (Å²) < 4.78 is 5.47. The first-order valence-corrected chi connectivity index (χ1v) is 10.8. The summed E-state index contributed by atoms with van der Waals surface area (Å²) in [4.78, 5) is 22.1. The third kappa shape index (κ3) is 4.88. The van der Waals surface area contributed by atoms with Crippen LogP contribution in [0.4, 0.5) is 0 Å². The van der Waals surface area contributed by atoms with Gasteiger partial charge in [0.2, 0.25) is 5.91 Å². The van der Waals surface area contributed by atoms with E-state index in [1.54, 1.807) is 6.20 Å². The second-order valence-electron chi connectivity index (χ2n) is 8.56. The third-order valence-electron chi connectivity index (χ3n) is 6.66. The molecule has 4 rings (SSSR count). The predicted octanol–water partition coefficient (Wildman–Crippen LogP) is 3.10. The smallest absolute Gasteiger partial charge is 0.228 e. The molecule has 1 saturated carbocycles. The minimum Gasteiger partial charge on any atom is -0.381 e. The van der Waals surface area contributed by atoms with Gasteiger partial charge in [-0.2, -0.15) is 0 Å². The monoisotopic (exact) mass is 371 g/mol. The molecule has 2 aliphatic heterocycles. The lowest BCUT2D eigenvalue weighted by atomic mass is 9.94. The van der Waals surface area contributed by atoms with Crippen LogP contribution in [0.5, 0.6) is 0 Å². The van der Waals surface area contributed by atoms with Gasteiger partial charge >= 0.3 is 0 Å². The van der Waals surface area contributed by atoms with Crippen molar-refractivity contribution >= 4 is 5.91 Å². The van der Waals surface area contributed by atoms with Crippen molar-refractivity contribution in [3.8, 4) is 0 Å². The summed E-state index contributed by atoms with van der Waals surface area (Å²) in [6, 6.07) is 4.85. The van der Waals surface area contributed by atoms with Crippen molar-refractivity contribution in [3.05, 3.63) is 30.1 Å². The minimum absolute atomic E-state index is 0.0419. The standard InChI is InChI=1S/C22H33N3O2/c26-22(20-9-13-27-17-20)25(16-19-4-3-10-23-14-19)15-18-7-11-24(12-8-18)21-5-1-2-6-21/h3-4,10,14,18,20-21H,1-2,5-9,11-13,15-17H2/t20-/m0/s1. The van der Waals surface area contributed by atoms with Crippen molar-refractivity contribution in [2.75, 3.05) is 32.8 Å². The van der Waals surface area contributed by atoms with Crippen molar-refractivity contribution in [3.63, 3.8) is 0 Å². The second-order valence-corrected chi connectivity index (χ2v) is 8.56. The number of pyridine rings is 1. The Labute approximate surface area is 163 Å². The lowest BCUT2D eigenvalue weighted by Crippen LogP contribution is -2.45. The summed E-state index contributed by atoms with van der Waals surface area (Å²) in [5, 5.41) is 0. The highest BCUT2D eigenvalue weighted by atomic mass is 16.5. The van der Waals surface area contributed by atoms with Crippen LogP contribution in [0.1, 0.15) is 50.5 Å². The minimum atomic E-state index is 0.0419. The number of carbonyl (C=O) groups is 1. The lowest BCUT2D eigenvalue weighted by Gasteiger charge is -2.38. The molecule has 0 unspecified atom stereocenters. The Hall–Kier alpha value is -1.46. The molecule has 5 heteroatoms. The molecule has 1 amide bonds. The van der Waals surface area contributed by atoms with Crippen LogP contribution in [0.3, 0.4) is 0 Å². The molecular weight excluding hydrogens is 338 g/mol. The molecule has 27 heavy (non-hydrogen) atoms. The van der Waals surface area contributed by atoms with Gasteiger partial charge in [0, 0.05) is 38.1 Å². The largest absolute Gasteiger partial charge is 0.381 e. The van der Waals surface area contributed by atoms with Gasteiger partial charge in [0.25, 0.3) is 0 Å². The second kappa shape index (κ2) is 9.16. The number of hydrogen-bond acceptors (Lipinski definition) is 4. The predicted molar refractivity (Wildman–Crippen MR) is 105 cm³/mol. The molecule has 2 saturated heterocycles. The number of amides is 1. The number of piperidine rings is 1. The summed E-state index contributed by atoms with van der Waals surface area (Å²) in [5.41, 5.74) is 1.12. The molecule has 0 radical (unpaired) electrons. The molecule has 3 fully saturated rings. The van der Waals surface area contributed by atoms with Crippen LogP contribution in [-0.2, 0) is 16.1 Å². The highest BCUT2D eigenvalue weighted by Crippen LogP contribution is 2.29. The van der Waals surface area contributed by atoms with Crippen LogP contribution in [0.25, 0.3) is 0 Å². The Morgan fingerprint density at radius 3 is 2.67 bits per heavy atom. The normalized spacial score (nSPS) is 25.1. The van der Waals surface area contributed by atoms with Gasteiger partial charge in [-0.25, -0.2) is 0 Å². The molecule has 0 aromatic carbocycles. The van der Waals surface area contributed by atoms with Crippen molar-refractivity contribution in [1.29, 1.82) is 0 Å². The summed E-state index contributed by atoms with van der Waals surface area (Å²) in [5.74, 6) is 0.931. The summed E-state index contributed by atoms with van der Waals surface area (Å²) in [6.07, 6.45) is 12.6. The molecule has 0 spiro atoms. The highest BCUT2D eigenvalue weighted by Gasteiger charge is 2.32. The topological polar surface area (TPSA) is 45.7 Å². The Kier molecular flexibility index (Phi) is 6.40. The molecule has 0 bridgehead atoms. The van der Waals surface area contributed by atoms with E-state index in [4.69, 9.17) is 4.74 Å². The number of hydrogen-bond donors (Lipinski definition) is 0. The van der Waals surface area contributed by atoms with Gasteiger partial charge in [0.15, 0.2) is 0 Å². The van der Waals surface area contributed by atoms with Crippen LogP contribution in [0, 0.1) is 11.8 Å². The number of carbonyl (C=O) groups excluding carboxylic acids is 1. The Morgan fingerprint density at radius 2 is 2.00 bits per heavy atom. The molecule has 3 aliphatic rings. The molecule has 1 aliphatic carbocycles.